The van der Waals surface area contributed by atoms with Gasteiger partial charge in [-0.15, -0.1) is 0 Å². The van der Waals surface area contributed by atoms with Gasteiger partial charge in [-0.05, 0) is 24.3 Å². The standard InChI is InChI=1S/C18H19N5O4/c1-21-10-20-16-15(21)17(25)23(18(26)22(16)2)8-12(24)9-27-13-3-4-14-11(7-13)5-6-19-14/h3-7,10,12,19,24H,8-9H2,1-2H3. The number of aromatic nitrogens is 5. The van der Waals surface area contributed by atoms with Crippen LogP contribution in [0.4, 0.5) is 0 Å². The second-order valence-electron chi connectivity index (χ2n) is 6.48. The predicted molar refractivity (Wildman–Crippen MR) is 100 cm³/mol. The minimum absolute atomic E-state index is 0.0467. The highest BCUT2D eigenvalue weighted by Gasteiger charge is 2.17. The van der Waals surface area contributed by atoms with Gasteiger partial charge in [0.1, 0.15) is 18.5 Å². The minimum Gasteiger partial charge on any atom is -0.491 e. The molecule has 0 aliphatic rings. The Balaban J connectivity index is 1.55. The molecule has 27 heavy (non-hydrogen) atoms. The Morgan fingerprint density at radius 2 is 2.07 bits per heavy atom. The summed E-state index contributed by atoms with van der Waals surface area (Å²) in [4.78, 5) is 32.3. The third-order valence-corrected chi connectivity index (χ3v) is 4.56. The number of aliphatic hydroxyl groups is 1. The molecule has 4 aromatic rings. The van der Waals surface area contributed by atoms with E-state index in [1.165, 1.54) is 10.9 Å². The van der Waals surface area contributed by atoms with Crippen molar-refractivity contribution >= 4 is 22.1 Å². The molecular weight excluding hydrogens is 350 g/mol. The minimum atomic E-state index is -1.03. The van der Waals surface area contributed by atoms with Crippen LogP contribution in [-0.4, -0.2) is 41.5 Å². The van der Waals surface area contributed by atoms with Crippen LogP contribution in [0.3, 0.4) is 0 Å². The molecule has 1 atom stereocenters. The zero-order valence-electron chi connectivity index (χ0n) is 14.9. The number of ether oxygens (including phenoxy) is 1. The average molecular weight is 369 g/mol. The van der Waals surface area contributed by atoms with E-state index >= 15 is 0 Å². The number of rotatable bonds is 5. The third-order valence-electron chi connectivity index (χ3n) is 4.56. The van der Waals surface area contributed by atoms with Crippen LogP contribution in [0.5, 0.6) is 5.75 Å². The number of aliphatic hydroxyl groups excluding tert-OH is 1. The Morgan fingerprint density at radius 3 is 2.89 bits per heavy atom. The molecule has 1 aromatic carbocycles. The Kier molecular flexibility index (Phi) is 4.08. The van der Waals surface area contributed by atoms with Crippen molar-refractivity contribution in [1.29, 1.82) is 0 Å². The van der Waals surface area contributed by atoms with Gasteiger partial charge in [0.25, 0.3) is 5.56 Å². The first-order valence-corrected chi connectivity index (χ1v) is 8.44. The molecular formula is C18H19N5O4. The number of nitrogens with one attached hydrogen (secondary N) is 1. The van der Waals surface area contributed by atoms with E-state index in [1.54, 1.807) is 24.7 Å². The molecule has 0 fully saturated rings. The maximum absolute atomic E-state index is 12.6. The lowest BCUT2D eigenvalue weighted by atomic mass is 10.2. The fraction of sp³-hybridized carbons (Fsp3) is 0.278. The van der Waals surface area contributed by atoms with Crippen LogP contribution in [0.2, 0.25) is 0 Å². The van der Waals surface area contributed by atoms with Gasteiger partial charge in [0.15, 0.2) is 11.2 Å². The first-order valence-electron chi connectivity index (χ1n) is 8.44. The summed E-state index contributed by atoms with van der Waals surface area (Å²) in [6.45, 7) is -0.214. The first-order chi connectivity index (χ1) is 13.0. The van der Waals surface area contributed by atoms with Crippen molar-refractivity contribution in [3.05, 3.63) is 57.6 Å². The van der Waals surface area contributed by atoms with Crippen LogP contribution in [0.15, 0.2) is 46.4 Å². The molecule has 9 heteroatoms. The van der Waals surface area contributed by atoms with Crippen LogP contribution < -0.4 is 16.0 Å². The van der Waals surface area contributed by atoms with Crippen LogP contribution in [0.1, 0.15) is 0 Å². The van der Waals surface area contributed by atoms with Crippen molar-refractivity contribution in [2.45, 2.75) is 12.6 Å². The Morgan fingerprint density at radius 1 is 1.26 bits per heavy atom. The van der Waals surface area contributed by atoms with Gasteiger partial charge in [0, 0.05) is 31.2 Å². The van der Waals surface area contributed by atoms with Crippen molar-refractivity contribution < 1.29 is 9.84 Å². The van der Waals surface area contributed by atoms with Crippen molar-refractivity contribution in [2.75, 3.05) is 6.61 Å². The molecule has 3 heterocycles. The summed E-state index contributed by atoms with van der Waals surface area (Å²) in [5, 5.41) is 11.3. The van der Waals surface area contributed by atoms with Gasteiger partial charge in [-0.1, -0.05) is 0 Å². The zero-order valence-corrected chi connectivity index (χ0v) is 14.9. The maximum Gasteiger partial charge on any atom is 0.332 e. The number of H-pyrrole nitrogens is 1. The van der Waals surface area contributed by atoms with E-state index in [2.05, 4.69) is 9.97 Å². The molecule has 0 bridgehead atoms. The molecule has 3 aromatic heterocycles. The number of aryl methyl sites for hydroxylation is 2. The Bertz CT molecular complexity index is 1250. The Labute approximate surface area is 153 Å². The van der Waals surface area contributed by atoms with Gasteiger partial charge in [-0.25, -0.2) is 9.78 Å². The number of hydrogen-bond donors (Lipinski definition) is 2. The maximum atomic E-state index is 12.6. The molecule has 1 unspecified atom stereocenters. The Hall–Kier alpha value is -3.33. The summed E-state index contributed by atoms with van der Waals surface area (Å²) in [7, 11) is 3.23. The summed E-state index contributed by atoms with van der Waals surface area (Å²) in [5.41, 5.74) is 0.597. The predicted octanol–water partition coefficient (Wildman–Crippen LogP) is 0.355. The number of imidazole rings is 1. The van der Waals surface area contributed by atoms with Crippen molar-refractivity contribution in [2.24, 2.45) is 14.1 Å². The molecule has 0 aliphatic heterocycles. The van der Waals surface area contributed by atoms with Crippen LogP contribution >= 0.6 is 0 Å². The van der Waals surface area contributed by atoms with E-state index in [0.29, 0.717) is 16.9 Å². The van der Waals surface area contributed by atoms with Crippen LogP contribution in [0, 0.1) is 0 Å². The smallest absolute Gasteiger partial charge is 0.332 e. The average Bonchev–Trinajstić information content (AvgIpc) is 3.27. The molecule has 4 rings (SSSR count). The number of benzene rings is 1. The summed E-state index contributed by atoms with van der Waals surface area (Å²) < 4.78 is 9.48. The number of nitrogens with zero attached hydrogens (tertiary/aromatic N) is 4. The highest BCUT2D eigenvalue weighted by molar-refractivity contribution is 5.80. The second-order valence-corrected chi connectivity index (χ2v) is 6.48. The molecule has 0 amide bonds. The van der Waals surface area contributed by atoms with Crippen molar-refractivity contribution in [3.8, 4) is 5.75 Å². The molecule has 0 saturated carbocycles. The van der Waals surface area contributed by atoms with Gasteiger partial charge in [0.05, 0.1) is 12.9 Å². The number of hydrogen-bond acceptors (Lipinski definition) is 5. The van der Waals surface area contributed by atoms with E-state index in [0.717, 1.165) is 15.5 Å². The van der Waals surface area contributed by atoms with Gasteiger partial charge in [-0.2, -0.15) is 0 Å². The van der Waals surface area contributed by atoms with Gasteiger partial charge < -0.3 is 19.4 Å². The molecule has 0 spiro atoms. The molecule has 2 N–H and O–H groups in total. The first kappa shape index (κ1) is 17.1. The highest BCUT2D eigenvalue weighted by atomic mass is 16.5. The van der Waals surface area contributed by atoms with Gasteiger partial charge >= 0.3 is 5.69 Å². The van der Waals surface area contributed by atoms with E-state index in [4.69, 9.17) is 4.74 Å². The molecule has 140 valence electrons. The van der Waals surface area contributed by atoms with Gasteiger partial charge in [0.2, 0.25) is 0 Å². The normalized spacial score (nSPS) is 12.7. The van der Waals surface area contributed by atoms with Crippen molar-refractivity contribution in [1.82, 2.24) is 23.7 Å². The van der Waals surface area contributed by atoms with Crippen molar-refractivity contribution in [3.63, 3.8) is 0 Å². The number of fused-ring (bicyclic) bond motifs is 2. The molecule has 9 nitrogen and oxygen atoms in total. The van der Waals surface area contributed by atoms with E-state index < -0.39 is 17.4 Å². The van der Waals surface area contributed by atoms with Crippen LogP contribution in [0.25, 0.3) is 22.1 Å². The van der Waals surface area contributed by atoms with E-state index in [9.17, 15) is 14.7 Å². The summed E-state index contributed by atoms with van der Waals surface area (Å²) in [5.74, 6) is 0.600. The highest BCUT2D eigenvalue weighted by Crippen LogP contribution is 2.19. The van der Waals surface area contributed by atoms with Gasteiger partial charge in [-0.3, -0.25) is 13.9 Å². The quantitative estimate of drug-likeness (QED) is 0.528. The SMILES string of the molecule is Cn1cnc2c1c(=O)n(CC(O)COc1ccc3[nH]ccc3c1)c(=O)n2C. The summed E-state index contributed by atoms with van der Waals surface area (Å²) >= 11 is 0. The molecule has 0 aliphatic carbocycles. The topological polar surface area (TPSA) is 107 Å². The zero-order chi connectivity index (χ0) is 19.1. The number of aromatic amines is 1. The molecule has 0 saturated heterocycles. The fourth-order valence-corrected chi connectivity index (χ4v) is 3.13. The summed E-state index contributed by atoms with van der Waals surface area (Å²) in [6, 6.07) is 7.45. The monoisotopic (exact) mass is 369 g/mol. The van der Waals surface area contributed by atoms with E-state index in [-0.39, 0.29) is 13.2 Å². The summed E-state index contributed by atoms with van der Waals surface area (Å²) in [6.07, 6.45) is 2.29. The largest absolute Gasteiger partial charge is 0.491 e. The lowest BCUT2D eigenvalue weighted by Gasteiger charge is -2.14. The third kappa shape index (κ3) is 2.91. The van der Waals surface area contributed by atoms with E-state index in [1.807, 2.05) is 24.4 Å². The second kappa shape index (κ2) is 6.44. The lowest BCUT2D eigenvalue weighted by molar-refractivity contribution is 0.0903. The lowest BCUT2D eigenvalue weighted by Crippen LogP contribution is -2.43. The fourth-order valence-electron chi connectivity index (χ4n) is 3.13. The molecule has 0 radical (unpaired) electrons. The van der Waals surface area contributed by atoms with Crippen LogP contribution in [-0.2, 0) is 20.6 Å².